The zero-order chi connectivity index (χ0) is 14.3. The Kier molecular flexibility index (Phi) is 2.85. The lowest BCUT2D eigenvalue weighted by Gasteiger charge is -2.39. The summed E-state index contributed by atoms with van der Waals surface area (Å²) in [5, 5.41) is 3.35. The fourth-order valence-electron chi connectivity index (χ4n) is 2.86. The molecule has 1 amide bonds. The Hall–Kier alpha value is -2.17. The zero-order valence-electron chi connectivity index (χ0n) is 11.6. The van der Waals surface area contributed by atoms with E-state index in [1.54, 1.807) is 10.0 Å². The van der Waals surface area contributed by atoms with Gasteiger partial charge in [-0.05, 0) is 11.6 Å². The highest BCUT2D eigenvalue weighted by atomic mass is 16.2. The maximum Gasteiger partial charge on any atom is 0.270 e. The normalized spacial score (nSPS) is 21.4. The predicted molar refractivity (Wildman–Crippen MR) is 77.7 cm³/mol. The van der Waals surface area contributed by atoms with E-state index in [2.05, 4.69) is 0 Å². The first-order chi connectivity index (χ1) is 9.56. The van der Waals surface area contributed by atoms with Crippen LogP contribution in [0.2, 0.25) is 0 Å². The van der Waals surface area contributed by atoms with E-state index in [0.29, 0.717) is 5.56 Å². The molecule has 0 saturated heterocycles. The summed E-state index contributed by atoms with van der Waals surface area (Å²) in [6, 6.07) is 17.2. The van der Waals surface area contributed by atoms with Crippen LogP contribution in [-0.2, 0) is 5.66 Å². The lowest BCUT2D eigenvalue weighted by molar-refractivity contribution is -0.0245. The molecule has 102 valence electrons. The third-order valence-electron chi connectivity index (χ3n) is 3.71. The Balaban J connectivity index is 2.28. The number of nitrogens with zero attached hydrogens (tertiary/aromatic N) is 2. The van der Waals surface area contributed by atoms with E-state index >= 15 is 0 Å². The van der Waals surface area contributed by atoms with Gasteiger partial charge in [0.1, 0.15) is 0 Å². The fraction of sp³-hybridized carbons (Fsp3) is 0.188. The van der Waals surface area contributed by atoms with E-state index in [-0.39, 0.29) is 5.91 Å². The van der Waals surface area contributed by atoms with Gasteiger partial charge in [0.25, 0.3) is 5.91 Å². The molecular weight excluding hydrogens is 250 g/mol. The van der Waals surface area contributed by atoms with Crippen molar-refractivity contribution in [1.82, 2.24) is 10.0 Å². The molecule has 0 saturated carbocycles. The second-order valence-corrected chi connectivity index (χ2v) is 5.14. The van der Waals surface area contributed by atoms with Crippen molar-refractivity contribution in [1.29, 1.82) is 0 Å². The Morgan fingerprint density at radius 1 is 1.00 bits per heavy atom. The molecule has 0 fully saturated rings. The van der Waals surface area contributed by atoms with Gasteiger partial charge in [-0.25, -0.2) is 10.0 Å². The van der Waals surface area contributed by atoms with E-state index in [4.69, 9.17) is 5.73 Å². The van der Waals surface area contributed by atoms with Crippen LogP contribution in [0.3, 0.4) is 0 Å². The van der Waals surface area contributed by atoms with Gasteiger partial charge in [-0.1, -0.05) is 48.5 Å². The molecule has 2 N–H and O–H groups in total. The van der Waals surface area contributed by atoms with Crippen molar-refractivity contribution in [3.63, 3.8) is 0 Å². The maximum atomic E-state index is 12.6. The molecule has 4 nitrogen and oxygen atoms in total. The molecule has 3 rings (SSSR count). The number of benzene rings is 2. The molecule has 0 spiro atoms. The highest BCUT2D eigenvalue weighted by molar-refractivity contribution is 6.00. The molecule has 1 aliphatic rings. The van der Waals surface area contributed by atoms with Crippen LogP contribution in [0.25, 0.3) is 0 Å². The molecule has 0 radical (unpaired) electrons. The lowest BCUT2D eigenvalue weighted by Crippen LogP contribution is -2.57. The second kappa shape index (κ2) is 4.44. The summed E-state index contributed by atoms with van der Waals surface area (Å²) in [7, 11) is 3.66. The average molecular weight is 267 g/mol. The van der Waals surface area contributed by atoms with Crippen LogP contribution in [0.5, 0.6) is 0 Å². The molecule has 4 heteroatoms. The number of amides is 1. The van der Waals surface area contributed by atoms with Crippen molar-refractivity contribution in [3.05, 3.63) is 71.3 Å². The SMILES string of the molecule is CN(C)N1C(=O)c2ccccc2[C@@]1(N)c1ccccc1. The van der Waals surface area contributed by atoms with Gasteiger partial charge in [-0.15, -0.1) is 0 Å². The van der Waals surface area contributed by atoms with Crippen LogP contribution >= 0.6 is 0 Å². The second-order valence-electron chi connectivity index (χ2n) is 5.14. The minimum absolute atomic E-state index is 0.0723. The number of hydrogen-bond acceptors (Lipinski definition) is 3. The van der Waals surface area contributed by atoms with Crippen molar-refractivity contribution < 1.29 is 4.79 Å². The Labute approximate surface area is 118 Å². The smallest absolute Gasteiger partial charge is 0.270 e. The first kappa shape index (κ1) is 12.8. The molecule has 1 atom stereocenters. The topological polar surface area (TPSA) is 49.6 Å². The summed E-state index contributed by atoms with van der Waals surface area (Å²) < 4.78 is 0. The highest BCUT2D eigenvalue weighted by Gasteiger charge is 2.49. The quantitative estimate of drug-likeness (QED) is 0.902. The zero-order valence-corrected chi connectivity index (χ0v) is 11.6. The van der Waals surface area contributed by atoms with Crippen LogP contribution in [-0.4, -0.2) is 30.0 Å². The van der Waals surface area contributed by atoms with Gasteiger partial charge in [-0.2, -0.15) is 0 Å². The standard InChI is InChI=1S/C16H17N3O/c1-18(2)19-15(20)13-10-6-7-11-14(13)16(19,17)12-8-4-3-5-9-12/h3-11H,17H2,1-2H3/t16-/m1/s1. The third kappa shape index (κ3) is 1.59. The van der Waals surface area contributed by atoms with E-state index in [1.165, 1.54) is 0 Å². The molecular formula is C16H17N3O. The number of nitrogens with two attached hydrogens (primary N) is 1. The fourth-order valence-corrected chi connectivity index (χ4v) is 2.86. The van der Waals surface area contributed by atoms with Crippen LogP contribution < -0.4 is 5.73 Å². The number of carbonyl (C=O) groups excluding carboxylic acids is 1. The van der Waals surface area contributed by atoms with Crippen LogP contribution in [0.1, 0.15) is 21.5 Å². The summed E-state index contributed by atoms with van der Waals surface area (Å²) in [6.07, 6.45) is 0. The summed E-state index contributed by atoms with van der Waals surface area (Å²) >= 11 is 0. The van der Waals surface area contributed by atoms with Crippen LogP contribution in [0.4, 0.5) is 0 Å². The van der Waals surface area contributed by atoms with Gasteiger partial charge in [0, 0.05) is 25.2 Å². The minimum atomic E-state index is -0.960. The average Bonchev–Trinajstić information content (AvgIpc) is 2.70. The number of hydrazine groups is 1. The van der Waals surface area contributed by atoms with Crippen molar-refractivity contribution in [3.8, 4) is 0 Å². The molecule has 0 aromatic heterocycles. The summed E-state index contributed by atoms with van der Waals surface area (Å²) in [5.74, 6) is -0.0723. The van der Waals surface area contributed by atoms with Crippen molar-refractivity contribution in [2.45, 2.75) is 5.66 Å². The predicted octanol–water partition coefficient (Wildman–Crippen LogP) is 1.78. The van der Waals surface area contributed by atoms with Crippen LogP contribution in [0.15, 0.2) is 54.6 Å². The largest absolute Gasteiger partial charge is 0.300 e. The molecule has 0 bridgehead atoms. The van der Waals surface area contributed by atoms with E-state index in [1.807, 2.05) is 68.7 Å². The number of rotatable bonds is 2. The third-order valence-corrected chi connectivity index (χ3v) is 3.71. The summed E-state index contributed by atoms with van der Waals surface area (Å²) in [4.78, 5) is 12.6. The first-order valence-electron chi connectivity index (χ1n) is 6.52. The van der Waals surface area contributed by atoms with Gasteiger partial charge >= 0.3 is 0 Å². The van der Waals surface area contributed by atoms with Crippen molar-refractivity contribution >= 4 is 5.91 Å². The van der Waals surface area contributed by atoms with Gasteiger partial charge < -0.3 is 0 Å². The monoisotopic (exact) mass is 267 g/mol. The highest BCUT2D eigenvalue weighted by Crippen LogP contribution is 2.40. The molecule has 2 aromatic carbocycles. The maximum absolute atomic E-state index is 12.6. The molecule has 1 aliphatic heterocycles. The van der Waals surface area contributed by atoms with Gasteiger partial charge in [0.05, 0.1) is 0 Å². The number of carbonyl (C=O) groups is 1. The van der Waals surface area contributed by atoms with E-state index in [0.717, 1.165) is 11.1 Å². The number of hydrogen-bond donors (Lipinski definition) is 1. The number of fused-ring (bicyclic) bond motifs is 1. The van der Waals surface area contributed by atoms with Gasteiger partial charge in [0.15, 0.2) is 5.66 Å². The van der Waals surface area contributed by atoms with Gasteiger partial charge in [-0.3, -0.25) is 10.5 Å². The Bertz CT molecular complexity index is 654. The first-order valence-corrected chi connectivity index (χ1v) is 6.52. The minimum Gasteiger partial charge on any atom is -0.300 e. The molecule has 2 aromatic rings. The Morgan fingerprint density at radius 3 is 2.25 bits per heavy atom. The molecule has 0 aliphatic carbocycles. The van der Waals surface area contributed by atoms with Crippen molar-refractivity contribution in [2.24, 2.45) is 5.73 Å². The van der Waals surface area contributed by atoms with Crippen LogP contribution in [0, 0.1) is 0 Å². The Morgan fingerprint density at radius 2 is 1.60 bits per heavy atom. The van der Waals surface area contributed by atoms with E-state index in [9.17, 15) is 4.79 Å². The molecule has 0 unspecified atom stereocenters. The summed E-state index contributed by atoms with van der Waals surface area (Å²) in [5.41, 5.74) is 8.12. The molecule has 1 heterocycles. The molecule has 20 heavy (non-hydrogen) atoms. The summed E-state index contributed by atoms with van der Waals surface area (Å²) in [6.45, 7) is 0. The van der Waals surface area contributed by atoms with Crippen molar-refractivity contribution in [2.75, 3.05) is 14.1 Å². The lowest BCUT2D eigenvalue weighted by atomic mass is 9.92. The van der Waals surface area contributed by atoms with E-state index < -0.39 is 5.66 Å². The van der Waals surface area contributed by atoms with Gasteiger partial charge in [0.2, 0.25) is 0 Å².